The Bertz CT molecular complexity index is 131. The van der Waals surface area contributed by atoms with Crippen molar-refractivity contribution in [1.82, 2.24) is 5.32 Å². The molecule has 0 heterocycles. The fraction of sp³-hybridized carbons (Fsp3) is 1.00. The first-order valence-electron chi connectivity index (χ1n) is 6.12. The summed E-state index contributed by atoms with van der Waals surface area (Å²) in [6, 6.07) is 0. The first-order chi connectivity index (χ1) is 7.24. The van der Waals surface area contributed by atoms with E-state index in [9.17, 15) is 5.11 Å². The van der Waals surface area contributed by atoms with Gasteiger partial charge in [0.05, 0.1) is 12.7 Å². The standard InChI is InChI=1S/C12H27NO2/c1-4-6-7-11(5-2)8-13-9-12(14)10-15-3/h11-14H,4-10H2,1-3H3. The molecule has 0 aliphatic rings. The lowest BCUT2D eigenvalue weighted by atomic mass is 9.99. The fourth-order valence-electron chi connectivity index (χ4n) is 1.65. The van der Waals surface area contributed by atoms with Crippen molar-refractivity contribution in [2.75, 3.05) is 26.8 Å². The van der Waals surface area contributed by atoms with E-state index in [0.717, 1.165) is 12.5 Å². The molecule has 2 atom stereocenters. The highest BCUT2D eigenvalue weighted by Crippen LogP contribution is 2.10. The number of hydrogen-bond donors (Lipinski definition) is 2. The Kier molecular flexibility index (Phi) is 10.3. The van der Waals surface area contributed by atoms with Gasteiger partial charge >= 0.3 is 0 Å². The van der Waals surface area contributed by atoms with Crippen LogP contribution in [-0.2, 0) is 4.74 Å². The number of methoxy groups -OCH3 is 1. The molecule has 0 aromatic carbocycles. The number of hydrogen-bond acceptors (Lipinski definition) is 3. The molecule has 0 spiro atoms. The van der Waals surface area contributed by atoms with Gasteiger partial charge in [0, 0.05) is 13.7 Å². The molecule has 0 aliphatic carbocycles. The molecular formula is C12H27NO2. The molecule has 3 nitrogen and oxygen atoms in total. The van der Waals surface area contributed by atoms with Crippen LogP contribution in [0.15, 0.2) is 0 Å². The van der Waals surface area contributed by atoms with Crippen LogP contribution in [0.4, 0.5) is 0 Å². The summed E-state index contributed by atoms with van der Waals surface area (Å²) in [5.74, 6) is 0.750. The van der Waals surface area contributed by atoms with Crippen LogP contribution in [0.3, 0.4) is 0 Å². The Morgan fingerprint density at radius 1 is 1.27 bits per heavy atom. The minimum absolute atomic E-state index is 0.376. The number of aliphatic hydroxyl groups excluding tert-OH is 1. The topological polar surface area (TPSA) is 41.5 Å². The van der Waals surface area contributed by atoms with Crippen LogP contribution in [0.2, 0.25) is 0 Å². The Balaban J connectivity index is 3.44. The monoisotopic (exact) mass is 217 g/mol. The highest BCUT2D eigenvalue weighted by Gasteiger charge is 2.07. The van der Waals surface area contributed by atoms with E-state index in [1.807, 2.05) is 0 Å². The van der Waals surface area contributed by atoms with E-state index in [4.69, 9.17) is 4.74 Å². The maximum absolute atomic E-state index is 9.42. The SMILES string of the molecule is CCCCC(CC)CNCC(O)COC. The van der Waals surface area contributed by atoms with E-state index < -0.39 is 0 Å². The van der Waals surface area contributed by atoms with Gasteiger partial charge in [-0.25, -0.2) is 0 Å². The van der Waals surface area contributed by atoms with E-state index >= 15 is 0 Å². The second kappa shape index (κ2) is 10.4. The van der Waals surface area contributed by atoms with Crippen molar-refractivity contribution < 1.29 is 9.84 Å². The summed E-state index contributed by atoms with van der Waals surface area (Å²) >= 11 is 0. The zero-order valence-electron chi connectivity index (χ0n) is 10.5. The predicted molar refractivity (Wildman–Crippen MR) is 64.1 cm³/mol. The normalized spacial score (nSPS) is 15.2. The van der Waals surface area contributed by atoms with E-state index in [1.165, 1.54) is 25.7 Å². The summed E-state index contributed by atoms with van der Waals surface area (Å²) in [5.41, 5.74) is 0. The molecule has 0 saturated carbocycles. The molecule has 2 N–H and O–H groups in total. The Morgan fingerprint density at radius 2 is 2.00 bits per heavy atom. The van der Waals surface area contributed by atoms with Gasteiger partial charge in [-0.15, -0.1) is 0 Å². The van der Waals surface area contributed by atoms with Crippen molar-refractivity contribution in [2.24, 2.45) is 5.92 Å². The average Bonchev–Trinajstić information content (AvgIpc) is 2.23. The van der Waals surface area contributed by atoms with Gasteiger partial charge in [0.2, 0.25) is 0 Å². The van der Waals surface area contributed by atoms with Gasteiger partial charge in [0.15, 0.2) is 0 Å². The lowest BCUT2D eigenvalue weighted by Crippen LogP contribution is -2.33. The van der Waals surface area contributed by atoms with Crippen molar-refractivity contribution >= 4 is 0 Å². The molecule has 0 amide bonds. The molecule has 0 radical (unpaired) electrons. The maximum Gasteiger partial charge on any atom is 0.0897 e. The van der Waals surface area contributed by atoms with Gasteiger partial charge in [0.1, 0.15) is 0 Å². The molecule has 3 heteroatoms. The van der Waals surface area contributed by atoms with Crippen LogP contribution in [0.25, 0.3) is 0 Å². The summed E-state index contributed by atoms with van der Waals surface area (Å²) in [7, 11) is 1.61. The average molecular weight is 217 g/mol. The van der Waals surface area contributed by atoms with Crippen LogP contribution in [-0.4, -0.2) is 38.0 Å². The quantitative estimate of drug-likeness (QED) is 0.586. The summed E-state index contributed by atoms with van der Waals surface area (Å²) < 4.78 is 4.86. The van der Waals surface area contributed by atoms with E-state index in [0.29, 0.717) is 13.2 Å². The Morgan fingerprint density at radius 3 is 2.53 bits per heavy atom. The van der Waals surface area contributed by atoms with E-state index in [1.54, 1.807) is 7.11 Å². The molecule has 15 heavy (non-hydrogen) atoms. The third-order valence-corrected chi connectivity index (χ3v) is 2.72. The molecule has 0 saturated heterocycles. The summed E-state index contributed by atoms with van der Waals surface area (Å²) in [6.07, 6.45) is 4.70. The Labute approximate surface area is 94.2 Å². The second-order valence-corrected chi connectivity index (χ2v) is 4.18. The van der Waals surface area contributed by atoms with Crippen molar-refractivity contribution in [1.29, 1.82) is 0 Å². The molecule has 0 rings (SSSR count). The number of ether oxygens (including phenoxy) is 1. The first kappa shape index (κ1) is 14.9. The van der Waals surface area contributed by atoms with Crippen LogP contribution in [0.5, 0.6) is 0 Å². The van der Waals surface area contributed by atoms with Gasteiger partial charge in [0.25, 0.3) is 0 Å². The summed E-state index contributed by atoms with van der Waals surface area (Å²) in [4.78, 5) is 0. The predicted octanol–water partition coefficient (Wildman–Crippen LogP) is 1.80. The highest BCUT2D eigenvalue weighted by molar-refractivity contribution is 4.64. The van der Waals surface area contributed by atoms with Crippen LogP contribution in [0, 0.1) is 5.92 Å². The first-order valence-corrected chi connectivity index (χ1v) is 6.12. The zero-order valence-corrected chi connectivity index (χ0v) is 10.5. The third kappa shape index (κ3) is 8.85. The molecular weight excluding hydrogens is 190 g/mol. The largest absolute Gasteiger partial charge is 0.389 e. The van der Waals surface area contributed by atoms with Crippen LogP contribution >= 0.6 is 0 Å². The van der Waals surface area contributed by atoms with Gasteiger partial charge < -0.3 is 15.2 Å². The molecule has 0 aromatic rings. The minimum Gasteiger partial charge on any atom is -0.389 e. The Hall–Kier alpha value is -0.120. The number of nitrogens with one attached hydrogen (secondary N) is 1. The second-order valence-electron chi connectivity index (χ2n) is 4.18. The highest BCUT2D eigenvalue weighted by atomic mass is 16.5. The maximum atomic E-state index is 9.42. The number of rotatable bonds is 10. The van der Waals surface area contributed by atoms with Crippen LogP contribution in [0.1, 0.15) is 39.5 Å². The minimum atomic E-state index is -0.376. The van der Waals surface area contributed by atoms with Crippen molar-refractivity contribution in [2.45, 2.75) is 45.6 Å². The molecule has 2 unspecified atom stereocenters. The molecule has 0 aromatic heterocycles. The van der Waals surface area contributed by atoms with Crippen molar-refractivity contribution in [3.05, 3.63) is 0 Å². The molecule has 92 valence electrons. The molecule has 0 fully saturated rings. The molecule has 0 bridgehead atoms. The van der Waals surface area contributed by atoms with Crippen LogP contribution < -0.4 is 5.32 Å². The molecule has 0 aliphatic heterocycles. The third-order valence-electron chi connectivity index (χ3n) is 2.72. The fourth-order valence-corrected chi connectivity index (χ4v) is 1.65. The van der Waals surface area contributed by atoms with E-state index in [-0.39, 0.29) is 6.10 Å². The lowest BCUT2D eigenvalue weighted by molar-refractivity contribution is 0.0639. The smallest absolute Gasteiger partial charge is 0.0897 e. The van der Waals surface area contributed by atoms with Gasteiger partial charge in [-0.1, -0.05) is 33.1 Å². The lowest BCUT2D eigenvalue weighted by Gasteiger charge is -2.17. The van der Waals surface area contributed by atoms with Gasteiger partial charge in [-0.2, -0.15) is 0 Å². The summed E-state index contributed by atoms with van der Waals surface area (Å²) in [6.45, 7) is 6.52. The van der Waals surface area contributed by atoms with Gasteiger partial charge in [-0.05, 0) is 18.9 Å². The zero-order chi connectivity index (χ0) is 11.5. The van der Waals surface area contributed by atoms with Crippen molar-refractivity contribution in [3.8, 4) is 0 Å². The van der Waals surface area contributed by atoms with E-state index in [2.05, 4.69) is 19.2 Å². The van der Waals surface area contributed by atoms with Gasteiger partial charge in [-0.3, -0.25) is 0 Å². The summed E-state index contributed by atoms with van der Waals surface area (Å²) in [5, 5.41) is 12.7. The van der Waals surface area contributed by atoms with Crippen molar-refractivity contribution in [3.63, 3.8) is 0 Å². The number of unbranched alkanes of at least 4 members (excludes halogenated alkanes) is 1. The number of aliphatic hydroxyl groups is 1.